The van der Waals surface area contributed by atoms with Crippen LogP contribution in [0.15, 0.2) is 18.2 Å². The molecular weight excluding hydrogens is 204 g/mol. The zero-order chi connectivity index (χ0) is 10.6. The molecule has 0 aromatic heterocycles. The average Bonchev–Trinajstić information content (AvgIpc) is 2.12. The molecule has 0 aliphatic carbocycles. The average molecular weight is 215 g/mol. The normalized spacial score (nSPS) is 9.86. The Morgan fingerprint density at radius 2 is 2.36 bits per heavy atom. The van der Waals surface area contributed by atoms with Crippen molar-refractivity contribution in [3.8, 4) is 0 Å². The summed E-state index contributed by atoms with van der Waals surface area (Å²) in [6, 6.07) is 5.03. The lowest BCUT2D eigenvalue weighted by Gasteiger charge is -2.08. The Hall–Kier alpha value is -1.26. The molecule has 0 unspecified atom stereocenters. The van der Waals surface area contributed by atoms with Crippen LogP contribution in [0.25, 0.3) is 0 Å². The highest BCUT2D eigenvalue weighted by atomic mass is 35.5. The smallest absolute Gasteiger partial charge is 0.250 e. The first-order chi connectivity index (χ1) is 6.65. The Bertz CT molecular complexity index is 321. The van der Waals surface area contributed by atoms with E-state index in [0.29, 0.717) is 16.4 Å². The van der Waals surface area contributed by atoms with Crippen LogP contribution < -0.4 is 11.1 Å². The molecular formula is C9H11ClN2O2. The van der Waals surface area contributed by atoms with E-state index in [1.54, 1.807) is 18.2 Å². The summed E-state index contributed by atoms with van der Waals surface area (Å²) in [4.78, 5) is 11.2. The van der Waals surface area contributed by atoms with Crippen LogP contribution in [-0.2, 0) is 9.53 Å². The molecule has 0 radical (unpaired) electrons. The summed E-state index contributed by atoms with van der Waals surface area (Å²) in [6.07, 6.45) is 0. The van der Waals surface area contributed by atoms with Gasteiger partial charge in [-0.2, -0.15) is 0 Å². The standard InChI is InChI=1S/C9H11ClN2O2/c1-14-5-8(13)12-9-6(10)3-2-4-7(9)11/h2-4H,5,11H2,1H3,(H,12,13). The monoisotopic (exact) mass is 214 g/mol. The largest absolute Gasteiger partial charge is 0.397 e. The van der Waals surface area contributed by atoms with Gasteiger partial charge in [-0.3, -0.25) is 4.79 Å². The fraction of sp³-hybridized carbons (Fsp3) is 0.222. The molecule has 0 spiro atoms. The van der Waals surface area contributed by atoms with Crippen LogP contribution in [0.4, 0.5) is 11.4 Å². The maximum Gasteiger partial charge on any atom is 0.250 e. The van der Waals surface area contributed by atoms with E-state index in [2.05, 4.69) is 10.1 Å². The summed E-state index contributed by atoms with van der Waals surface area (Å²) in [7, 11) is 1.44. The van der Waals surface area contributed by atoms with Gasteiger partial charge in [0.1, 0.15) is 6.61 Å². The number of methoxy groups -OCH3 is 1. The van der Waals surface area contributed by atoms with Crippen molar-refractivity contribution in [3.05, 3.63) is 23.2 Å². The molecule has 76 valence electrons. The SMILES string of the molecule is COCC(=O)Nc1c(N)cccc1Cl. The minimum Gasteiger partial charge on any atom is -0.397 e. The summed E-state index contributed by atoms with van der Waals surface area (Å²) in [5.41, 5.74) is 6.49. The Balaban J connectivity index is 2.80. The number of nitrogens with one attached hydrogen (secondary N) is 1. The van der Waals surface area contributed by atoms with E-state index >= 15 is 0 Å². The minimum atomic E-state index is -0.285. The summed E-state index contributed by atoms with van der Waals surface area (Å²) in [5.74, 6) is -0.285. The number of carbonyl (C=O) groups is 1. The number of nitrogens with two attached hydrogens (primary N) is 1. The molecule has 0 aliphatic rings. The number of hydrogen-bond donors (Lipinski definition) is 2. The number of hydrogen-bond acceptors (Lipinski definition) is 3. The number of ether oxygens (including phenoxy) is 1. The third kappa shape index (κ3) is 2.61. The number of para-hydroxylation sites is 1. The number of anilines is 2. The molecule has 0 heterocycles. The second-order valence-corrected chi connectivity index (χ2v) is 3.09. The van der Waals surface area contributed by atoms with Crippen LogP contribution in [-0.4, -0.2) is 19.6 Å². The number of rotatable bonds is 3. The predicted octanol–water partition coefficient (Wildman–Crippen LogP) is 1.51. The molecule has 4 nitrogen and oxygen atoms in total. The lowest BCUT2D eigenvalue weighted by molar-refractivity contribution is -0.119. The van der Waals surface area contributed by atoms with Crippen LogP contribution in [0, 0.1) is 0 Å². The third-order valence-electron chi connectivity index (χ3n) is 1.59. The molecule has 5 heteroatoms. The molecule has 14 heavy (non-hydrogen) atoms. The highest BCUT2D eigenvalue weighted by Gasteiger charge is 2.07. The molecule has 1 rings (SSSR count). The number of amides is 1. The molecule has 0 aliphatic heterocycles. The minimum absolute atomic E-state index is 0.0232. The zero-order valence-corrected chi connectivity index (χ0v) is 8.47. The lowest BCUT2D eigenvalue weighted by atomic mass is 10.2. The van der Waals surface area contributed by atoms with E-state index in [1.165, 1.54) is 7.11 Å². The first-order valence-corrected chi connectivity index (χ1v) is 4.35. The quantitative estimate of drug-likeness (QED) is 0.750. The van der Waals surface area contributed by atoms with Crippen molar-refractivity contribution < 1.29 is 9.53 Å². The molecule has 0 atom stereocenters. The first-order valence-electron chi connectivity index (χ1n) is 3.98. The molecule has 0 fully saturated rings. The van der Waals surface area contributed by atoms with Crippen molar-refractivity contribution in [2.24, 2.45) is 0 Å². The molecule has 0 saturated heterocycles. The van der Waals surface area contributed by atoms with E-state index < -0.39 is 0 Å². The van der Waals surface area contributed by atoms with Crippen molar-refractivity contribution in [2.75, 3.05) is 24.8 Å². The van der Waals surface area contributed by atoms with Crippen molar-refractivity contribution in [2.45, 2.75) is 0 Å². The van der Waals surface area contributed by atoms with Gasteiger partial charge in [-0.25, -0.2) is 0 Å². The number of carbonyl (C=O) groups excluding carboxylic acids is 1. The van der Waals surface area contributed by atoms with E-state index in [4.69, 9.17) is 17.3 Å². The van der Waals surface area contributed by atoms with Gasteiger partial charge in [-0.1, -0.05) is 17.7 Å². The van der Waals surface area contributed by atoms with Crippen LogP contribution in [0.1, 0.15) is 0 Å². The third-order valence-corrected chi connectivity index (χ3v) is 1.90. The van der Waals surface area contributed by atoms with Gasteiger partial charge >= 0.3 is 0 Å². The molecule has 1 amide bonds. The maximum absolute atomic E-state index is 11.2. The number of benzene rings is 1. The van der Waals surface area contributed by atoms with E-state index in [1.807, 2.05) is 0 Å². The summed E-state index contributed by atoms with van der Waals surface area (Å²) >= 11 is 5.84. The fourth-order valence-electron chi connectivity index (χ4n) is 0.979. The second kappa shape index (κ2) is 4.83. The topological polar surface area (TPSA) is 64.3 Å². The fourth-order valence-corrected chi connectivity index (χ4v) is 1.21. The zero-order valence-electron chi connectivity index (χ0n) is 7.71. The van der Waals surface area contributed by atoms with Crippen molar-refractivity contribution >= 4 is 28.9 Å². The van der Waals surface area contributed by atoms with Gasteiger partial charge in [0.05, 0.1) is 16.4 Å². The van der Waals surface area contributed by atoms with Gasteiger partial charge in [0, 0.05) is 7.11 Å². The molecule has 0 bridgehead atoms. The molecule has 3 N–H and O–H groups in total. The van der Waals surface area contributed by atoms with Crippen molar-refractivity contribution in [1.29, 1.82) is 0 Å². The van der Waals surface area contributed by atoms with Gasteiger partial charge < -0.3 is 15.8 Å². The van der Waals surface area contributed by atoms with Crippen molar-refractivity contribution in [3.63, 3.8) is 0 Å². The molecule has 0 saturated carbocycles. The highest BCUT2D eigenvalue weighted by Crippen LogP contribution is 2.27. The Morgan fingerprint density at radius 1 is 1.64 bits per heavy atom. The van der Waals surface area contributed by atoms with Crippen LogP contribution >= 0.6 is 11.6 Å². The van der Waals surface area contributed by atoms with Gasteiger partial charge in [-0.05, 0) is 12.1 Å². The highest BCUT2D eigenvalue weighted by molar-refractivity contribution is 6.34. The van der Waals surface area contributed by atoms with E-state index in [9.17, 15) is 4.79 Å². The predicted molar refractivity (Wildman–Crippen MR) is 56.4 cm³/mol. The Morgan fingerprint density at radius 3 is 2.93 bits per heavy atom. The Kier molecular flexibility index (Phi) is 3.73. The van der Waals surface area contributed by atoms with Gasteiger partial charge in [0.2, 0.25) is 5.91 Å². The van der Waals surface area contributed by atoms with E-state index in [-0.39, 0.29) is 12.5 Å². The van der Waals surface area contributed by atoms with Crippen LogP contribution in [0.2, 0.25) is 5.02 Å². The van der Waals surface area contributed by atoms with Gasteiger partial charge in [0.15, 0.2) is 0 Å². The van der Waals surface area contributed by atoms with Crippen LogP contribution in [0.3, 0.4) is 0 Å². The summed E-state index contributed by atoms with van der Waals surface area (Å²) < 4.78 is 4.66. The molecule has 1 aromatic carbocycles. The van der Waals surface area contributed by atoms with Gasteiger partial charge in [-0.15, -0.1) is 0 Å². The number of nitrogen functional groups attached to an aromatic ring is 1. The molecule has 1 aromatic rings. The Labute approximate surface area is 87.0 Å². The maximum atomic E-state index is 11.2. The van der Waals surface area contributed by atoms with Gasteiger partial charge in [0.25, 0.3) is 0 Å². The summed E-state index contributed by atoms with van der Waals surface area (Å²) in [6.45, 7) is -0.0232. The second-order valence-electron chi connectivity index (χ2n) is 2.69. The first kappa shape index (κ1) is 10.8. The number of halogens is 1. The van der Waals surface area contributed by atoms with Crippen LogP contribution in [0.5, 0.6) is 0 Å². The lowest BCUT2D eigenvalue weighted by Crippen LogP contribution is -2.18. The summed E-state index contributed by atoms with van der Waals surface area (Å²) in [5, 5.41) is 2.97. The van der Waals surface area contributed by atoms with Crippen molar-refractivity contribution in [1.82, 2.24) is 0 Å². The van der Waals surface area contributed by atoms with E-state index in [0.717, 1.165) is 0 Å².